The number of likely N-dealkylation sites (N-methyl/N-ethyl adjacent to an activating group) is 1. The van der Waals surface area contributed by atoms with Gasteiger partial charge >= 0.3 is 0 Å². The monoisotopic (exact) mass is 493 g/mol. The van der Waals surface area contributed by atoms with Crippen LogP contribution in [-0.2, 0) is 4.74 Å². The van der Waals surface area contributed by atoms with Gasteiger partial charge in [-0.05, 0) is 77.0 Å². The van der Waals surface area contributed by atoms with Crippen molar-refractivity contribution in [1.82, 2.24) is 10.2 Å². The molecule has 0 bridgehead atoms. The summed E-state index contributed by atoms with van der Waals surface area (Å²) in [4.78, 5) is 20.2. The third kappa shape index (κ3) is 5.90. The molecule has 0 aliphatic carbocycles. The molecular weight excluding hydrogens is 454 g/mol. The summed E-state index contributed by atoms with van der Waals surface area (Å²) in [6.45, 7) is 9.82. The minimum atomic E-state index is -0.0736. The summed E-state index contributed by atoms with van der Waals surface area (Å²) in [5.41, 5.74) is 4.93. The van der Waals surface area contributed by atoms with Gasteiger partial charge < -0.3 is 24.4 Å². The van der Waals surface area contributed by atoms with E-state index in [2.05, 4.69) is 29.4 Å². The molecule has 1 fully saturated rings. The van der Waals surface area contributed by atoms with Crippen molar-refractivity contribution in [3.8, 4) is 11.5 Å². The van der Waals surface area contributed by atoms with Crippen molar-refractivity contribution in [1.29, 1.82) is 0 Å². The van der Waals surface area contributed by atoms with Crippen LogP contribution >= 0.6 is 0 Å². The minimum absolute atomic E-state index is 0.0736. The fraction of sp³-hybridized carbons (Fsp3) is 0.517. The number of likely N-dealkylation sites (tertiary alicyclic amines) is 1. The summed E-state index contributed by atoms with van der Waals surface area (Å²) in [5.74, 6) is 1.73. The maximum absolute atomic E-state index is 12.6. The Morgan fingerprint density at radius 3 is 2.67 bits per heavy atom. The molecule has 2 atom stereocenters. The zero-order valence-corrected chi connectivity index (χ0v) is 22.2. The van der Waals surface area contributed by atoms with Crippen molar-refractivity contribution in [2.24, 2.45) is 4.99 Å². The Labute approximate surface area is 214 Å². The molecule has 1 amide bonds. The number of hydrogen-bond acceptors (Lipinski definition) is 6. The Bertz CT molecular complexity index is 1080. The smallest absolute Gasteiger partial charge is 0.251 e. The zero-order chi connectivity index (χ0) is 25.7. The largest absolute Gasteiger partial charge is 0.493 e. The molecule has 4 rings (SSSR count). The number of carbonyl (C=O) groups is 1. The lowest BCUT2D eigenvalue weighted by Gasteiger charge is -2.39. The number of hydrogen-bond donors (Lipinski definition) is 1. The van der Waals surface area contributed by atoms with E-state index in [1.54, 1.807) is 7.11 Å². The first kappa shape index (κ1) is 26.2. The molecule has 2 aromatic rings. The normalized spacial score (nSPS) is 19.3. The van der Waals surface area contributed by atoms with E-state index in [9.17, 15) is 4.79 Å². The van der Waals surface area contributed by atoms with Crippen molar-refractivity contribution in [3.63, 3.8) is 0 Å². The lowest BCUT2D eigenvalue weighted by molar-refractivity contribution is 0.0757. The van der Waals surface area contributed by atoms with Crippen LogP contribution in [0.15, 0.2) is 41.4 Å². The van der Waals surface area contributed by atoms with Gasteiger partial charge in [-0.1, -0.05) is 12.1 Å². The van der Waals surface area contributed by atoms with Crippen LogP contribution in [0.1, 0.15) is 66.6 Å². The maximum atomic E-state index is 12.6. The number of rotatable bonds is 10. The molecule has 2 aliphatic rings. The van der Waals surface area contributed by atoms with Gasteiger partial charge in [0.1, 0.15) is 0 Å². The molecule has 2 unspecified atom stereocenters. The van der Waals surface area contributed by atoms with Gasteiger partial charge in [0.2, 0.25) is 0 Å². The van der Waals surface area contributed by atoms with Crippen LogP contribution in [0.3, 0.4) is 0 Å². The minimum Gasteiger partial charge on any atom is -0.493 e. The van der Waals surface area contributed by atoms with Crippen LogP contribution in [0.5, 0.6) is 11.5 Å². The number of piperidine rings is 1. The van der Waals surface area contributed by atoms with Gasteiger partial charge in [0.05, 0.1) is 31.6 Å². The van der Waals surface area contributed by atoms with E-state index in [-0.39, 0.29) is 18.1 Å². The number of benzene rings is 2. The fourth-order valence-electron chi connectivity index (χ4n) is 5.02. The van der Waals surface area contributed by atoms with Gasteiger partial charge in [-0.2, -0.15) is 0 Å². The first-order valence-electron chi connectivity index (χ1n) is 13.0. The molecule has 2 aromatic carbocycles. The van der Waals surface area contributed by atoms with Crippen molar-refractivity contribution in [2.45, 2.75) is 51.7 Å². The molecule has 7 heteroatoms. The molecule has 0 aromatic heterocycles. The van der Waals surface area contributed by atoms with Crippen molar-refractivity contribution >= 4 is 11.6 Å². The summed E-state index contributed by atoms with van der Waals surface area (Å²) >= 11 is 0. The number of methoxy groups -OCH3 is 1. The average Bonchev–Trinajstić information content (AvgIpc) is 2.88. The average molecular weight is 494 g/mol. The van der Waals surface area contributed by atoms with Crippen LogP contribution in [0.2, 0.25) is 0 Å². The van der Waals surface area contributed by atoms with E-state index in [1.807, 2.05) is 45.0 Å². The highest BCUT2D eigenvalue weighted by atomic mass is 16.5. The first-order chi connectivity index (χ1) is 17.4. The van der Waals surface area contributed by atoms with E-state index < -0.39 is 0 Å². The van der Waals surface area contributed by atoms with Crippen LogP contribution in [0.4, 0.5) is 0 Å². The number of fused-ring (bicyclic) bond motifs is 3. The SMILES string of the molecule is CCOc1cc2c(cc1OC)C(c1ccc(C(=O)NCCCOC(C)C)cc1)=NC1CCN(C)CC21. The fourth-order valence-corrected chi connectivity index (χ4v) is 5.02. The summed E-state index contributed by atoms with van der Waals surface area (Å²) < 4.78 is 17.1. The predicted octanol–water partition coefficient (Wildman–Crippen LogP) is 4.28. The molecule has 1 saturated heterocycles. The quantitative estimate of drug-likeness (QED) is 0.500. The zero-order valence-electron chi connectivity index (χ0n) is 22.2. The molecule has 0 saturated carbocycles. The summed E-state index contributed by atoms with van der Waals surface area (Å²) in [6.07, 6.45) is 2.01. The molecule has 1 N–H and O–H groups in total. The molecule has 2 aliphatic heterocycles. The Morgan fingerprint density at radius 2 is 1.97 bits per heavy atom. The molecule has 7 nitrogen and oxygen atoms in total. The van der Waals surface area contributed by atoms with E-state index in [0.29, 0.717) is 37.0 Å². The molecule has 0 radical (unpaired) electrons. The lowest BCUT2D eigenvalue weighted by Crippen LogP contribution is -2.41. The van der Waals surface area contributed by atoms with Crippen molar-refractivity contribution in [2.75, 3.05) is 47.0 Å². The second kappa shape index (κ2) is 11.9. The third-order valence-electron chi connectivity index (χ3n) is 6.84. The highest BCUT2D eigenvalue weighted by Gasteiger charge is 2.36. The van der Waals surface area contributed by atoms with Gasteiger partial charge in [0, 0.05) is 42.3 Å². The second-order valence-electron chi connectivity index (χ2n) is 9.83. The molecule has 194 valence electrons. The molecular formula is C29H39N3O4. The Kier molecular flexibility index (Phi) is 8.64. The summed E-state index contributed by atoms with van der Waals surface area (Å²) in [7, 11) is 3.84. The molecule has 0 spiro atoms. The number of aliphatic imine (C=N–C) groups is 1. The highest BCUT2D eigenvalue weighted by Crippen LogP contribution is 2.42. The van der Waals surface area contributed by atoms with E-state index in [1.165, 1.54) is 5.56 Å². The maximum Gasteiger partial charge on any atom is 0.251 e. The van der Waals surface area contributed by atoms with Crippen molar-refractivity contribution < 1.29 is 19.0 Å². The lowest BCUT2D eigenvalue weighted by atomic mass is 9.79. The number of nitrogens with one attached hydrogen (secondary N) is 1. The third-order valence-corrected chi connectivity index (χ3v) is 6.84. The van der Waals surface area contributed by atoms with Gasteiger partial charge in [-0.3, -0.25) is 9.79 Å². The van der Waals surface area contributed by atoms with Gasteiger partial charge in [0.15, 0.2) is 11.5 Å². The Morgan fingerprint density at radius 1 is 1.19 bits per heavy atom. The summed E-state index contributed by atoms with van der Waals surface area (Å²) in [5, 5.41) is 2.98. The second-order valence-corrected chi connectivity index (χ2v) is 9.83. The van der Waals surface area contributed by atoms with Crippen LogP contribution < -0.4 is 14.8 Å². The van der Waals surface area contributed by atoms with Gasteiger partial charge in [0.25, 0.3) is 5.91 Å². The number of nitrogens with zero attached hydrogens (tertiary/aromatic N) is 2. The Hall–Kier alpha value is -2.90. The van der Waals surface area contributed by atoms with E-state index in [0.717, 1.165) is 48.5 Å². The van der Waals surface area contributed by atoms with Crippen LogP contribution in [0.25, 0.3) is 0 Å². The van der Waals surface area contributed by atoms with Gasteiger partial charge in [-0.25, -0.2) is 0 Å². The summed E-state index contributed by atoms with van der Waals surface area (Å²) in [6, 6.07) is 12.2. The topological polar surface area (TPSA) is 72.4 Å². The predicted molar refractivity (Wildman–Crippen MR) is 143 cm³/mol. The number of amides is 1. The van der Waals surface area contributed by atoms with Crippen LogP contribution in [0, 0.1) is 0 Å². The number of carbonyl (C=O) groups excluding carboxylic acids is 1. The molecule has 36 heavy (non-hydrogen) atoms. The first-order valence-corrected chi connectivity index (χ1v) is 13.0. The van der Waals surface area contributed by atoms with E-state index >= 15 is 0 Å². The van der Waals surface area contributed by atoms with E-state index in [4.69, 9.17) is 19.2 Å². The van der Waals surface area contributed by atoms with Crippen molar-refractivity contribution in [3.05, 3.63) is 58.7 Å². The Balaban J connectivity index is 1.58. The number of ether oxygens (including phenoxy) is 3. The molecule has 2 heterocycles. The highest BCUT2D eigenvalue weighted by molar-refractivity contribution is 6.15. The van der Waals surface area contributed by atoms with Crippen LogP contribution in [-0.4, -0.2) is 75.7 Å². The standard InChI is InChI=1S/C29H39N3O4/c1-6-35-27-16-22-23(17-26(27)34-5)28(31-25-12-14-32(4)18-24(22)25)20-8-10-21(11-9-20)29(33)30-13-7-15-36-19(2)3/h8-11,16-17,19,24-25H,6-7,12-15,18H2,1-5H3,(H,30,33). The van der Waals surface area contributed by atoms with Gasteiger partial charge in [-0.15, -0.1) is 0 Å².